The lowest BCUT2D eigenvalue weighted by atomic mass is 10.0. The third-order valence-corrected chi connectivity index (χ3v) is 3.82. The van der Waals surface area contributed by atoms with E-state index in [2.05, 4.69) is 35.3 Å². The van der Waals surface area contributed by atoms with E-state index < -0.39 is 0 Å². The number of hydrogen-bond acceptors (Lipinski definition) is 3. The molecule has 1 heterocycles. The number of rotatable bonds is 3. The van der Waals surface area contributed by atoms with E-state index in [1.54, 1.807) is 0 Å². The zero-order valence-electron chi connectivity index (χ0n) is 10.9. The van der Waals surface area contributed by atoms with Crippen LogP contribution in [-0.2, 0) is 0 Å². The topological polar surface area (TPSA) is 32.3 Å². The highest BCUT2D eigenvalue weighted by Crippen LogP contribution is 2.35. The van der Waals surface area contributed by atoms with E-state index in [1.165, 1.54) is 5.56 Å². The van der Waals surface area contributed by atoms with Gasteiger partial charge in [0.15, 0.2) is 5.78 Å². The smallest absolute Gasteiger partial charge is 0.168 e. The first kappa shape index (κ1) is 11.7. The molecule has 3 nitrogen and oxygen atoms in total. The Kier molecular flexibility index (Phi) is 3.08. The first-order valence-corrected chi connectivity index (χ1v) is 6.86. The number of aryl methyl sites for hydroxylation is 1. The van der Waals surface area contributed by atoms with E-state index in [4.69, 9.17) is 0 Å². The zero-order valence-corrected chi connectivity index (χ0v) is 10.9. The molecule has 1 saturated carbocycles. The average molecular weight is 244 g/mol. The Labute approximate surface area is 108 Å². The second-order valence-electron chi connectivity index (χ2n) is 5.40. The molecule has 2 fully saturated rings. The Morgan fingerprint density at radius 2 is 2.00 bits per heavy atom. The van der Waals surface area contributed by atoms with E-state index in [1.807, 2.05) is 0 Å². The zero-order chi connectivity index (χ0) is 12.5. The number of nitrogens with one attached hydrogen (secondary N) is 1. The minimum Gasteiger partial charge on any atom is -0.368 e. The van der Waals surface area contributed by atoms with Gasteiger partial charge in [0.2, 0.25) is 0 Å². The lowest BCUT2D eigenvalue weighted by Crippen LogP contribution is -2.44. The third-order valence-electron chi connectivity index (χ3n) is 3.82. The van der Waals surface area contributed by atoms with Gasteiger partial charge in [-0.15, -0.1) is 0 Å². The number of carbonyl (C=O) groups is 1. The summed E-state index contributed by atoms with van der Waals surface area (Å²) in [6.07, 6.45) is 2.15. The van der Waals surface area contributed by atoms with Gasteiger partial charge in [-0.1, -0.05) is 11.6 Å². The first-order chi connectivity index (χ1) is 8.75. The van der Waals surface area contributed by atoms with Crippen molar-refractivity contribution in [3.05, 3.63) is 29.3 Å². The summed E-state index contributed by atoms with van der Waals surface area (Å²) < 4.78 is 0. The minimum atomic E-state index is 0.300. The minimum absolute atomic E-state index is 0.300. The van der Waals surface area contributed by atoms with E-state index in [-0.39, 0.29) is 0 Å². The van der Waals surface area contributed by atoms with Crippen LogP contribution in [0.5, 0.6) is 0 Å². The maximum Gasteiger partial charge on any atom is 0.168 e. The molecule has 0 aromatic heterocycles. The van der Waals surface area contributed by atoms with Crippen molar-refractivity contribution in [1.29, 1.82) is 0 Å². The predicted octanol–water partition coefficient (Wildman–Crippen LogP) is 2.00. The van der Waals surface area contributed by atoms with Crippen LogP contribution in [0.4, 0.5) is 5.69 Å². The van der Waals surface area contributed by atoms with Crippen LogP contribution in [0.3, 0.4) is 0 Å². The third kappa shape index (κ3) is 2.27. The highest BCUT2D eigenvalue weighted by molar-refractivity contribution is 6.04. The van der Waals surface area contributed by atoms with E-state index in [0.29, 0.717) is 11.7 Å². The second kappa shape index (κ2) is 4.73. The van der Waals surface area contributed by atoms with Crippen LogP contribution >= 0.6 is 0 Å². The van der Waals surface area contributed by atoms with Crippen LogP contribution in [0, 0.1) is 12.8 Å². The fourth-order valence-electron chi connectivity index (χ4n) is 2.59. The summed E-state index contributed by atoms with van der Waals surface area (Å²) in [7, 11) is 0. The van der Waals surface area contributed by atoms with Crippen molar-refractivity contribution >= 4 is 11.5 Å². The molecule has 3 heteroatoms. The molecule has 1 aliphatic heterocycles. The van der Waals surface area contributed by atoms with Crippen LogP contribution in [0.15, 0.2) is 18.2 Å². The van der Waals surface area contributed by atoms with Crippen molar-refractivity contribution in [2.45, 2.75) is 19.8 Å². The molecule has 1 aromatic carbocycles. The van der Waals surface area contributed by atoms with Gasteiger partial charge in [-0.3, -0.25) is 4.79 Å². The summed E-state index contributed by atoms with van der Waals surface area (Å²) in [6.45, 7) is 6.06. The molecule has 18 heavy (non-hydrogen) atoms. The number of hydrogen-bond donors (Lipinski definition) is 1. The van der Waals surface area contributed by atoms with Crippen molar-refractivity contribution in [2.75, 3.05) is 31.1 Å². The molecule has 1 N–H and O–H groups in total. The second-order valence-corrected chi connectivity index (χ2v) is 5.40. The SMILES string of the molecule is Cc1ccc(N2CCNCC2)c(C(=O)C2CC2)c1. The average Bonchev–Trinajstić information content (AvgIpc) is 3.23. The number of Topliss-reactive ketones (excluding diaryl/α,β-unsaturated/α-hetero) is 1. The molecule has 1 aliphatic carbocycles. The van der Waals surface area contributed by atoms with Gasteiger partial charge in [-0.25, -0.2) is 0 Å². The molecular weight excluding hydrogens is 224 g/mol. The molecular formula is C15H20N2O. The summed E-state index contributed by atoms with van der Waals surface area (Å²) in [5.41, 5.74) is 3.26. The largest absolute Gasteiger partial charge is 0.368 e. The van der Waals surface area contributed by atoms with Gasteiger partial charge < -0.3 is 10.2 Å². The van der Waals surface area contributed by atoms with Crippen LogP contribution < -0.4 is 10.2 Å². The van der Waals surface area contributed by atoms with Gasteiger partial charge in [0.1, 0.15) is 0 Å². The fraction of sp³-hybridized carbons (Fsp3) is 0.533. The predicted molar refractivity (Wildman–Crippen MR) is 73.3 cm³/mol. The van der Waals surface area contributed by atoms with Crippen molar-refractivity contribution in [2.24, 2.45) is 5.92 Å². The van der Waals surface area contributed by atoms with Crippen molar-refractivity contribution < 1.29 is 4.79 Å². The van der Waals surface area contributed by atoms with E-state index in [9.17, 15) is 4.79 Å². The van der Waals surface area contributed by atoms with Crippen molar-refractivity contribution in [1.82, 2.24) is 5.32 Å². The molecule has 96 valence electrons. The summed E-state index contributed by atoms with van der Waals surface area (Å²) in [5, 5.41) is 3.35. The normalized spacial score (nSPS) is 19.9. The maximum atomic E-state index is 12.4. The Balaban J connectivity index is 1.93. The number of nitrogens with zero attached hydrogens (tertiary/aromatic N) is 1. The molecule has 0 radical (unpaired) electrons. The van der Waals surface area contributed by atoms with Crippen LogP contribution in [-0.4, -0.2) is 32.0 Å². The van der Waals surface area contributed by atoms with Gasteiger partial charge in [0.05, 0.1) is 0 Å². The summed E-state index contributed by atoms with van der Waals surface area (Å²) in [5.74, 6) is 0.653. The molecule has 0 spiro atoms. The monoisotopic (exact) mass is 244 g/mol. The summed E-state index contributed by atoms with van der Waals surface area (Å²) in [4.78, 5) is 14.7. The number of benzene rings is 1. The molecule has 1 saturated heterocycles. The highest BCUT2D eigenvalue weighted by Gasteiger charge is 2.32. The van der Waals surface area contributed by atoms with E-state index in [0.717, 1.165) is 50.3 Å². The Hall–Kier alpha value is -1.35. The maximum absolute atomic E-state index is 12.4. The van der Waals surface area contributed by atoms with Crippen LogP contribution in [0.25, 0.3) is 0 Å². The molecule has 0 unspecified atom stereocenters. The van der Waals surface area contributed by atoms with Crippen LogP contribution in [0.1, 0.15) is 28.8 Å². The lowest BCUT2D eigenvalue weighted by molar-refractivity contribution is 0.0968. The van der Waals surface area contributed by atoms with Gasteiger partial charge in [-0.05, 0) is 31.9 Å². The standard InChI is InChI=1S/C15H20N2O/c1-11-2-5-14(17-8-6-16-7-9-17)13(10-11)15(18)12-3-4-12/h2,5,10,12,16H,3-4,6-9H2,1H3. The van der Waals surface area contributed by atoms with Gasteiger partial charge in [0.25, 0.3) is 0 Å². The molecule has 1 aromatic rings. The number of piperazine rings is 1. The molecule has 0 atom stereocenters. The lowest BCUT2D eigenvalue weighted by Gasteiger charge is -2.31. The van der Waals surface area contributed by atoms with Gasteiger partial charge >= 0.3 is 0 Å². The van der Waals surface area contributed by atoms with Crippen molar-refractivity contribution in [3.63, 3.8) is 0 Å². The van der Waals surface area contributed by atoms with Crippen molar-refractivity contribution in [3.8, 4) is 0 Å². The molecule has 0 amide bonds. The molecule has 3 rings (SSSR count). The number of ketones is 1. The Morgan fingerprint density at radius 1 is 1.28 bits per heavy atom. The summed E-state index contributed by atoms with van der Waals surface area (Å²) >= 11 is 0. The Bertz CT molecular complexity index is 460. The van der Waals surface area contributed by atoms with Crippen LogP contribution in [0.2, 0.25) is 0 Å². The van der Waals surface area contributed by atoms with E-state index >= 15 is 0 Å². The fourth-order valence-corrected chi connectivity index (χ4v) is 2.59. The molecule has 0 bridgehead atoms. The highest BCUT2D eigenvalue weighted by atomic mass is 16.1. The quantitative estimate of drug-likeness (QED) is 0.825. The number of anilines is 1. The first-order valence-electron chi connectivity index (χ1n) is 6.86. The van der Waals surface area contributed by atoms with Gasteiger partial charge in [0, 0.05) is 43.3 Å². The Morgan fingerprint density at radius 3 is 2.67 bits per heavy atom. The number of carbonyl (C=O) groups excluding carboxylic acids is 1. The molecule has 2 aliphatic rings. The van der Waals surface area contributed by atoms with Gasteiger partial charge in [-0.2, -0.15) is 0 Å². The summed E-state index contributed by atoms with van der Waals surface area (Å²) in [6, 6.07) is 6.30.